The molecule has 4 nitrogen and oxygen atoms in total. The van der Waals surface area contributed by atoms with Gasteiger partial charge < -0.3 is 14.8 Å². The van der Waals surface area contributed by atoms with E-state index in [0.29, 0.717) is 0 Å². The molecule has 1 aromatic carbocycles. The number of anilines is 1. The minimum Gasteiger partial charge on any atom is -0.366 e. The van der Waals surface area contributed by atoms with Crippen LogP contribution in [-0.2, 0) is 4.79 Å². The van der Waals surface area contributed by atoms with Crippen LogP contribution in [0, 0.1) is 0 Å². The molecule has 1 amide bonds. The molecule has 0 unspecified atom stereocenters. The number of rotatable bonds is 2. The Bertz CT molecular complexity index is 587. The van der Waals surface area contributed by atoms with E-state index >= 15 is 0 Å². The van der Waals surface area contributed by atoms with E-state index in [-0.39, 0.29) is 11.8 Å². The van der Waals surface area contributed by atoms with Crippen molar-refractivity contribution in [2.24, 2.45) is 0 Å². The number of aromatic nitrogens is 1. The predicted molar refractivity (Wildman–Crippen MR) is 77.8 cm³/mol. The third kappa shape index (κ3) is 2.28. The molecule has 3 rings (SSSR count). The van der Waals surface area contributed by atoms with Crippen molar-refractivity contribution in [3.63, 3.8) is 0 Å². The van der Waals surface area contributed by atoms with Crippen molar-refractivity contribution >= 4 is 34.1 Å². The van der Waals surface area contributed by atoms with Crippen molar-refractivity contribution in [3.8, 4) is 0 Å². The Balaban J connectivity index is 1.77. The highest BCUT2D eigenvalue weighted by molar-refractivity contribution is 6.27. The minimum atomic E-state index is 0.0280. The Morgan fingerprint density at radius 3 is 2.68 bits per heavy atom. The van der Waals surface area contributed by atoms with Crippen LogP contribution in [0.25, 0.3) is 10.9 Å². The predicted octanol–water partition coefficient (Wildman–Crippen LogP) is 2.06. The first-order valence-corrected chi connectivity index (χ1v) is 6.98. The van der Waals surface area contributed by atoms with Gasteiger partial charge in [-0.05, 0) is 6.07 Å². The largest absolute Gasteiger partial charge is 0.366 e. The molecule has 0 radical (unpaired) electrons. The van der Waals surface area contributed by atoms with Crippen molar-refractivity contribution in [1.29, 1.82) is 0 Å². The summed E-state index contributed by atoms with van der Waals surface area (Å²) in [6.07, 6.45) is 2.05. The van der Waals surface area contributed by atoms with Crippen LogP contribution >= 0.6 is 11.6 Å². The monoisotopic (exact) mass is 277 g/mol. The topological polar surface area (TPSA) is 39.3 Å². The number of H-pyrrole nitrogens is 1. The summed E-state index contributed by atoms with van der Waals surface area (Å²) in [6, 6.07) is 8.27. The Morgan fingerprint density at radius 2 is 1.95 bits per heavy atom. The average molecular weight is 278 g/mol. The number of hydrogen-bond donors (Lipinski definition) is 1. The lowest BCUT2D eigenvalue weighted by atomic mass is 10.2. The van der Waals surface area contributed by atoms with Gasteiger partial charge in [0, 0.05) is 43.3 Å². The van der Waals surface area contributed by atoms with Crippen LogP contribution in [0.4, 0.5) is 5.69 Å². The van der Waals surface area contributed by atoms with E-state index in [1.54, 1.807) is 0 Å². The zero-order valence-corrected chi connectivity index (χ0v) is 11.4. The Morgan fingerprint density at radius 1 is 1.21 bits per heavy atom. The average Bonchev–Trinajstić information content (AvgIpc) is 2.90. The van der Waals surface area contributed by atoms with Gasteiger partial charge in [0.25, 0.3) is 0 Å². The molecule has 2 heterocycles. The molecule has 1 saturated heterocycles. The van der Waals surface area contributed by atoms with E-state index in [9.17, 15) is 4.79 Å². The number of para-hydroxylation sites is 1. The third-order valence-electron chi connectivity index (χ3n) is 3.65. The first-order valence-electron chi connectivity index (χ1n) is 6.44. The van der Waals surface area contributed by atoms with E-state index in [0.717, 1.165) is 31.7 Å². The molecule has 0 aliphatic carbocycles. The molecule has 0 saturated carbocycles. The normalized spacial score (nSPS) is 16.1. The second kappa shape index (κ2) is 5.13. The highest BCUT2D eigenvalue weighted by Crippen LogP contribution is 2.27. The minimum absolute atomic E-state index is 0.0280. The molecule has 1 aliphatic rings. The number of halogens is 1. The first-order chi connectivity index (χ1) is 9.29. The number of fused-ring (bicyclic) bond motifs is 1. The van der Waals surface area contributed by atoms with Crippen molar-refractivity contribution in [3.05, 3.63) is 30.5 Å². The summed E-state index contributed by atoms with van der Waals surface area (Å²) in [4.78, 5) is 19.0. The summed E-state index contributed by atoms with van der Waals surface area (Å²) < 4.78 is 0. The van der Waals surface area contributed by atoms with Gasteiger partial charge in [-0.25, -0.2) is 0 Å². The van der Waals surface area contributed by atoms with E-state index in [1.807, 2.05) is 23.2 Å². The number of nitrogens with zero attached hydrogens (tertiary/aromatic N) is 2. The molecule has 0 bridgehead atoms. The third-order valence-corrected chi connectivity index (χ3v) is 3.88. The lowest BCUT2D eigenvalue weighted by Gasteiger charge is -2.35. The molecule has 19 heavy (non-hydrogen) atoms. The number of aromatic amines is 1. The van der Waals surface area contributed by atoms with Crippen molar-refractivity contribution in [2.45, 2.75) is 0 Å². The van der Waals surface area contributed by atoms with E-state index < -0.39 is 0 Å². The van der Waals surface area contributed by atoms with Crippen LogP contribution in [0.3, 0.4) is 0 Å². The first kappa shape index (κ1) is 12.4. The standard InChI is InChI=1S/C14H16ClN3O/c15-9-14(19)18-7-5-17(6-8-18)13-10-16-12-4-2-1-3-11(12)13/h1-4,10,16H,5-9H2. The zero-order chi connectivity index (χ0) is 13.2. The second-order valence-electron chi connectivity index (χ2n) is 4.72. The highest BCUT2D eigenvalue weighted by Gasteiger charge is 2.21. The molecule has 5 heteroatoms. The number of piperazine rings is 1. The van der Waals surface area contributed by atoms with Crippen LogP contribution in [0.5, 0.6) is 0 Å². The fourth-order valence-corrected chi connectivity index (χ4v) is 2.77. The summed E-state index contributed by atoms with van der Waals surface area (Å²) in [7, 11) is 0. The summed E-state index contributed by atoms with van der Waals surface area (Å²) >= 11 is 5.59. The van der Waals surface area contributed by atoms with E-state index in [4.69, 9.17) is 11.6 Å². The number of hydrogen-bond acceptors (Lipinski definition) is 2. The van der Waals surface area contributed by atoms with E-state index in [2.05, 4.69) is 22.0 Å². The molecular weight excluding hydrogens is 262 g/mol. The van der Waals surface area contributed by atoms with Crippen LogP contribution < -0.4 is 4.90 Å². The van der Waals surface area contributed by atoms with Crippen molar-refractivity contribution in [2.75, 3.05) is 37.0 Å². The number of carbonyl (C=O) groups is 1. The Hall–Kier alpha value is -1.68. The molecule has 1 aliphatic heterocycles. The van der Waals surface area contributed by atoms with Gasteiger partial charge in [-0.1, -0.05) is 18.2 Å². The van der Waals surface area contributed by atoms with E-state index in [1.165, 1.54) is 11.1 Å². The van der Waals surface area contributed by atoms with Gasteiger partial charge in [-0.15, -0.1) is 11.6 Å². The number of nitrogens with one attached hydrogen (secondary N) is 1. The summed E-state index contributed by atoms with van der Waals surface area (Å²) in [5.41, 5.74) is 2.37. The van der Waals surface area contributed by atoms with Gasteiger partial charge in [0.1, 0.15) is 5.88 Å². The van der Waals surface area contributed by atoms with Crippen LogP contribution in [0.15, 0.2) is 30.5 Å². The van der Waals surface area contributed by atoms with Gasteiger partial charge in [-0.2, -0.15) is 0 Å². The number of carbonyl (C=O) groups excluding carboxylic acids is 1. The zero-order valence-electron chi connectivity index (χ0n) is 10.6. The molecule has 100 valence electrons. The number of amides is 1. The molecule has 0 atom stereocenters. The molecule has 1 N–H and O–H groups in total. The number of alkyl halides is 1. The summed E-state index contributed by atoms with van der Waals surface area (Å²) in [5.74, 6) is 0.104. The maximum Gasteiger partial charge on any atom is 0.237 e. The second-order valence-corrected chi connectivity index (χ2v) is 4.99. The Kier molecular flexibility index (Phi) is 3.34. The summed E-state index contributed by atoms with van der Waals surface area (Å²) in [6.45, 7) is 3.19. The summed E-state index contributed by atoms with van der Waals surface area (Å²) in [5, 5.41) is 1.24. The van der Waals surface area contributed by atoms with Gasteiger partial charge in [0.2, 0.25) is 5.91 Å². The molecular formula is C14H16ClN3O. The van der Waals surface area contributed by atoms with Crippen molar-refractivity contribution < 1.29 is 4.79 Å². The lowest BCUT2D eigenvalue weighted by Crippen LogP contribution is -2.49. The fourth-order valence-electron chi connectivity index (χ4n) is 2.60. The quantitative estimate of drug-likeness (QED) is 0.854. The van der Waals surface area contributed by atoms with Gasteiger partial charge in [0.05, 0.1) is 5.69 Å². The van der Waals surface area contributed by atoms with Crippen LogP contribution in [-0.4, -0.2) is 47.9 Å². The maximum atomic E-state index is 11.5. The molecule has 2 aromatic rings. The van der Waals surface area contributed by atoms with Crippen molar-refractivity contribution in [1.82, 2.24) is 9.88 Å². The highest BCUT2D eigenvalue weighted by atomic mass is 35.5. The van der Waals surface area contributed by atoms with Crippen LogP contribution in [0.2, 0.25) is 0 Å². The SMILES string of the molecule is O=C(CCl)N1CCN(c2c[nH]c3ccccc23)CC1. The Labute approximate surface area is 116 Å². The maximum absolute atomic E-state index is 11.5. The van der Waals surface area contributed by atoms with Gasteiger partial charge >= 0.3 is 0 Å². The number of benzene rings is 1. The smallest absolute Gasteiger partial charge is 0.237 e. The van der Waals surface area contributed by atoms with Gasteiger partial charge in [-0.3, -0.25) is 4.79 Å². The van der Waals surface area contributed by atoms with Gasteiger partial charge in [0.15, 0.2) is 0 Å². The molecule has 0 spiro atoms. The molecule has 1 aromatic heterocycles. The molecule has 1 fully saturated rings. The lowest BCUT2D eigenvalue weighted by molar-refractivity contribution is -0.128. The fraction of sp³-hybridized carbons (Fsp3) is 0.357. The van der Waals surface area contributed by atoms with Crippen LogP contribution in [0.1, 0.15) is 0 Å².